The average Bonchev–Trinajstić information content (AvgIpc) is 2.20. The van der Waals surface area contributed by atoms with Gasteiger partial charge in [-0.2, -0.15) is 5.10 Å². The van der Waals surface area contributed by atoms with E-state index >= 15 is 0 Å². The molecule has 0 aliphatic carbocycles. The Labute approximate surface area is 90.2 Å². The molecule has 0 aliphatic rings. The highest BCUT2D eigenvalue weighted by Crippen LogP contribution is 2.03. The van der Waals surface area contributed by atoms with E-state index in [1.807, 2.05) is 45.0 Å². The minimum atomic E-state index is -0.0696. The molecule has 0 heterocycles. The molecule has 0 saturated heterocycles. The fourth-order valence-electron chi connectivity index (χ4n) is 1.03. The standard InChI is InChI=1S/C12H16N2O/c1-9(2)12(15)14-13-8-11-7-5-4-6-10(11)3/h4-9H,1-3H3,(H,14,15)/b13-8-. The summed E-state index contributed by atoms with van der Waals surface area (Å²) in [7, 11) is 0. The van der Waals surface area contributed by atoms with Crippen molar-refractivity contribution in [1.82, 2.24) is 5.43 Å². The van der Waals surface area contributed by atoms with Crippen molar-refractivity contribution in [2.75, 3.05) is 0 Å². The maximum Gasteiger partial charge on any atom is 0.242 e. The Hall–Kier alpha value is -1.64. The SMILES string of the molecule is Cc1ccccc1/C=N\NC(=O)C(C)C. The molecule has 1 amide bonds. The number of hydrogen-bond acceptors (Lipinski definition) is 2. The maximum atomic E-state index is 11.2. The van der Waals surface area contributed by atoms with E-state index in [1.54, 1.807) is 6.21 Å². The molecule has 0 radical (unpaired) electrons. The maximum absolute atomic E-state index is 11.2. The number of aryl methyl sites for hydroxylation is 1. The van der Waals surface area contributed by atoms with Gasteiger partial charge < -0.3 is 0 Å². The Balaban J connectivity index is 2.59. The van der Waals surface area contributed by atoms with Crippen molar-refractivity contribution in [3.05, 3.63) is 35.4 Å². The van der Waals surface area contributed by atoms with Crippen LogP contribution in [0.2, 0.25) is 0 Å². The van der Waals surface area contributed by atoms with E-state index in [2.05, 4.69) is 10.5 Å². The minimum absolute atomic E-state index is 0.0426. The van der Waals surface area contributed by atoms with E-state index in [0.717, 1.165) is 11.1 Å². The molecule has 0 atom stereocenters. The molecule has 0 aromatic heterocycles. The first kappa shape index (κ1) is 11.4. The normalized spacial score (nSPS) is 10.9. The molecule has 0 aliphatic heterocycles. The summed E-state index contributed by atoms with van der Waals surface area (Å²) >= 11 is 0. The van der Waals surface area contributed by atoms with Gasteiger partial charge in [0, 0.05) is 5.92 Å². The summed E-state index contributed by atoms with van der Waals surface area (Å²) in [5, 5.41) is 3.90. The van der Waals surface area contributed by atoms with Crippen molar-refractivity contribution in [3.63, 3.8) is 0 Å². The number of carbonyl (C=O) groups excluding carboxylic acids is 1. The van der Waals surface area contributed by atoms with Crippen molar-refractivity contribution >= 4 is 12.1 Å². The van der Waals surface area contributed by atoms with Crippen LogP contribution in [0.25, 0.3) is 0 Å². The minimum Gasteiger partial charge on any atom is -0.273 e. The second-order valence-corrected chi connectivity index (χ2v) is 3.75. The first-order valence-corrected chi connectivity index (χ1v) is 5.00. The van der Waals surface area contributed by atoms with E-state index in [4.69, 9.17) is 0 Å². The lowest BCUT2D eigenvalue weighted by atomic mass is 10.1. The van der Waals surface area contributed by atoms with Gasteiger partial charge in [0.1, 0.15) is 0 Å². The number of nitrogens with one attached hydrogen (secondary N) is 1. The van der Waals surface area contributed by atoms with Crippen molar-refractivity contribution in [2.24, 2.45) is 11.0 Å². The smallest absolute Gasteiger partial charge is 0.242 e. The van der Waals surface area contributed by atoms with E-state index in [9.17, 15) is 4.79 Å². The highest BCUT2D eigenvalue weighted by Gasteiger charge is 2.03. The molecule has 80 valence electrons. The Bertz CT molecular complexity index is 370. The number of nitrogens with zero attached hydrogens (tertiary/aromatic N) is 1. The lowest BCUT2D eigenvalue weighted by Gasteiger charge is -2.02. The van der Waals surface area contributed by atoms with Gasteiger partial charge in [0.2, 0.25) is 5.91 Å². The van der Waals surface area contributed by atoms with Crippen molar-refractivity contribution in [3.8, 4) is 0 Å². The summed E-state index contributed by atoms with van der Waals surface area (Å²) in [4.78, 5) is 11.2. The fourth-order valence-corrected chi connectivity index (χ4v) is 1.03. The van der Waals surface area contributed by atoms with Gasteiger partial charge in [-0.3, -0.25) is 4.79 Å². The van der Waals surface area contributed by atoms with Crippen LogP contribution < -0.4 is 5.43 Å². The van der Waals surface area contributed by atoms with Crippen LogP contribution >= 0.6 is 0 Å². The zero-order valence-electron chi connectivity index (χ0n) is 9.32. The van der Waals surface area contributed by atoms with Crippen molar-refractivity contribution in [1.29, 1.82) is 0 Å². The van der Waals surface area contributed by atoms with Gasteiger partial charge in [0.15, 0.2) is 0 Å². The molecule has 0 bridgehead atoms. The topological polar surface area (TPSA) is 41.5 Å². The second-order valence-electron chi connectivity index (χ2n) is 3.75. The number of hydrogen-bond donors (Lipinski definition) is 1. The third-order valence-electron chi connectivity index (χ3n) is 2.09. The molecule has 15 heavy (non-hydrogen) atoms. The van der Waals surface area contributed by atoms with Crippen LogP contribution in [-0.4, -0.2) is 12.1 Å². The molecule has 0 saturated carbocycles. The second kappa shape index (κ2) is 5.29. The Kier molecular flexibility index (Phi) is 4.03. The van der Waals surface area contributed by atoms with E-state index in [0.29, 0.717) is 0 Å². The summed E-state index contributed by atoms with van der Waals surface area (Å²) in [6.45, 7) is 5.67. The highest BCUT2D eigenvalue weighted by molar-refractivity contribution is 5.84. The molecule has 1 rings (SSSR count). The summed E-state index contributed by atoms with van der Waals surface area (Å²) < 4.78 is 0. The van der Waals surface area contributed by atoms with Gasteiger partial charge in [0.25, 0.3) is 0 Å². The first-order chi connectivity index (χ1) is 7.11. The Morgan fingerprint density at radius 2 is 2.07 bits per heavy atom. The zero-order chi connectivity index (χ0) is 11.3. The van der Waals surface area contributed by atoms with Gasteiger partial charge in [-0.25, -0.2) is 5.43 Å². The molecule has 0 fully saturated rings. The summed E-state index contributed by atoms with van der Waals surface area (Å²) in [5.74, 6) is -0.112. The molecular formula is C12H16N2O. The molecule has 1 aromatic rings. The molecule has 3 heteroatoms. The van der Waals surface area contributed by atoms with Crippen LogP contribution in [0.15, 0.2) is 29.4 Å². The summed E-state index contributed by atoms with van der Waals surface area (Å²) in [6.07, 6.45) is 1.66. The molecule has 1 aromatic carbocycles. The van der Waals surface area contributed by atoms with Crippen LogP contribution in [0.3, 0.4) is 0 Å². The highest BCUT2D eigenvalue weighted by atomic mass is 16.2. The van der Waals surface area contributed by atoms with Crippen molar-refractivity contribution in [2.45, 2.75) is 20.8 Å². The molecule has 1 N–H and O–H groups in total. The number of carbonyl (C=O) groups is 1. The van der Waals surface area contributed by atoms with Crippen LogP contribution in [0.1, 0.15) is 25.0 Å². The average molecular weight is 204 g/mol. The number of benzene rings is 1. The van der Waals surface area contributed by atoms with E-state index in [-0.39, 0.29) is 11.8 Å². The van der Waals surface area contributed by atoms with Crippen LogP contribution in [0.5, 0.6) is 0 Å². The Morgan fingerprint density at radius 1 is 1.40 bits per heavy atom. The Morgan fingerprint density at radius 3 is 2.67 bits per heavy atom. The van der Waals surface area contributed by atoms with Gasteiger partial charge in [-0.1, -0.05) is 38.1 Å². The van der Waals surface area contributed by atoms with Gasteiger partial charge in [-0.05, 0) is 18.1 Å². The molecule has 0 spiro atoms. The number of amides is 1. The van der Waals surface area contributed by atoms with E-state index < -0.39 is 0 Å². The first-order valence-electron chi connectivity index (χ1n) is 5.00. The molecule has 3 nitrogen and oxygen atoms in total. The van der Waals surface area contributed by atoms with Gasteiger partial charge in [0.05, 0.1) is 6.21 Å². The zero-order valence-corrected chi connectivity index (χ0v) is 9.32. The quantitative estimate of drug-likeness (QED) is 0.594. The van der Waals surface area contributed by atoms with Crippen LogP contribution in [0.4, 0.5) is 0 Å². The van der Waals surface area contributed by atoms with Gasteiger partial charge in [-0.15, -0.1) is 0 Å². The monoisotopic (exact) mass is 204 g/mol. The fraction of sp³-hybridized carbons (Fsp3) is 0.333. The lowest BCUT2D eigenvalue weighted by Crippen LogP contribution is -2.22. The predicted molar refractivity (Wildman–Crippen MR) is 61.8 cm³/mol. The third kappa shape index (κ3) is 3.54. The number of hydrazone groups is 1. The van der Waals surface area contributed by atoms with Crippen LogP contribution in [-0.2, 0) is 4.79 Å². The largest absolute Gasteiger partial charge is 0.273 e. The van der Waals surface area contributed by atoms with Gasteiger partial charge >= 0.3 is 0 Å². The van der Waals surface area contributed by atoms with Crippen LogP contribution in [0, 0.1) is 12.8 Å². The number of rotatable bonds is 3. The van der Waals surface area contributed by atoms with E-state index in [1.165, 1.54) is 0 Å². The lowest BCUT2D eigenvalue weighted by molar-refractivity contribution is -0.123. The predicted octanol–water partition coefficient (Wildman–Crippen LogP) is 2.10. The van der Waals surface area contributed by atoms with Crippen molar-refractivity contribution < 1.29 is 4.79 Å². The molecular weight excluding hydrogens is 188 g/mol. The molecule has 0 unspecified atom stereocenters. The summed E-state index contributed by atoms with van der Waals surface area (Å²) in [6, 6.07) is 7.88. The third-order valence-corrected chi connectivity index (χ3v) is 2.09. The summed E-state index contributed by atoms with van der Waals surface area (Å²) in [5.41, 5.74) is 4.64.